The predicted octanol–water partition coefficient (Wildman–Crippen LogP) is 2.52. The van der Waals surface area contributed by atoms with Crippen molar-refractivity contribution in [1.29, 1.82) is 0 Å². The van der Waals surface area contributed by atoms with Crippen molar-refractivity contribution < 1.29 is 36.0 Å². The predicted molar refractivity (Wildman–Crippen MR) is 121 cm³/mol. The maximum absolute atomic E-state index is 13.2. The van der Waals surface area contributed by atoms with Crippen molar-refractivity contribution in [3.05, 3.63) is 64.7 Å². The smallest absolute Gasteiger partial charge is 0.322 e. The van der Waals surface area contributed by atoms with Crippen LogP contribution in [0, 0.1) is 0 Å². The molecule has 0 bridgehead atoms. The third-order valence-electron chi connectivity index (χ3n) is 5.09. The number of carbonyl (C=O) groups is 3. The van der Waals surface area contributed by atoms with Crippen molar-refractivity contribution in [3.8, 4) is 0 Å². The molecule has 188 valence electrons. The Labute approximate surface area is 203 Å². The molecule has 9 nitrogen and oxygen atoms in total. The van der Waals surface area contributed by atoms with Crippen LogP contribution < -0.4 is 15.8 Å². The molecular weight excluding hydrogens is 513 g/mol. The quantitative estimate of drug-likeness (QED) is 0.587. The molecule has 1 heterocycles. The minimum absolute atomic E-state index is 0.0261. The highest BCUT2D eigenvalue weighted by Crippen LogP contribution is 2.23. The van der Waals surface area contributed by atoms with E-state index in [0.717, 1.165) is 0 Å². The van der Waals surface area contributed by atoms with Crippen LogP contribution in [0.5, 0.6) is 0 Å². The fraction of sp³-hybridized carbons (Fsp3) is 0.286. The number of nitrogens with zero attached hydrogens (tertiary/aromatic N) is 2. The van der Waals surface area contributed by atoms with E-state index in [0.29, 0.717) is 16.3 Å². The van der Waals surface area contributed by atoms with Crippen LogP contribution in [-0.2, 0) is 21.2 Å². The van der Waals surface area contributed by atoms with Crippen LogP contribution in [0.15, 0.2) is 48.5 Å². The number of sulfone groups is 1. The molecule has 0 aliphatic carbocycles. The SMILES string of the molecule is O=C(NNC(=O)C(F)(F)F)c1ccc(CN(C(=O)N2CCS(=O)(=O)CC2)c2ccc(Cl)cc2)cc1. The number of hydrogen-bond donors (Lipinski definition) is 2. The van der Waals surface area contributed by atoms with Gasteiger partial charge in [-0.05, 0) is 42.0 Å². The Balaban J connectivity index is 1.74. The van der Waals surface area contributed by atoms with Gasteiger partial charge >= 0.3 is 18.1 Å². The van der Waals surface area contributed by atoms with Crippen molar-refractivity contribution in [3.63, 3.8) is 0 Å². The lowest BCUT2D eigenvalue weighted by Crippen LogP contribution is -2.49. The third kappa shape index (κ3) is 7.09. The fourth-order valence-corrected chi connectivity index (χ4v) is 4.49. The van der Waals surface area contributed by atoms with Crippen LogP contribution in [0.1, 0.15) is 15.9 Å². The van der Waals surface area contributed by atoms with E-state index in [4.69, 9.17) is 11.6 Å². The number of benzene rings is 2. The average Bonchev–Trinajstić information content (AvgIpc) is 2.81. The lowest BCUT2D eigenvalue weighted by Gasteiger charge is -2.33. The number of halogens is 4. The molecule has 3 rings (SSSR count). The summed E-state index contributed by atoms with van der Waals surface area (Å²) in [5, 5.41) is 0.457. The molecule has 35 heavy (non-hydrogen) atoms. The molecular formula is C21H20ClF3N4O5S. The van der Waals surface area contributed by atoms with Gasteiger partial charge in [0.15, 0.2) is 9.84 Å². The number of rotatable bonds is 4. The number of alkyl halides is 3. The summed E-state index contributed by atoms with van der Waals surface area (Å²) in [5.41, 5.74) is 4.00. The van der Waals surface area contributed by atoms with Gasteiger partial charge in [0.1, 0.15) is 0 Å². The van der Waals surface area contributed by atoms with Gasteiger partial charge in [0.2, 0.25) is 0 Å². The Kier molecular flexibility index (Phi) is 7.90. The fourth-order valence-electron chi connectivity index (χ4n) is 3.17. The van der Waals surface area contributed by atoms with E-state index in [-0.39, 0.29) is 36.7 Å². The van der Waals surface area contributed by atoms with Crippen LogP contribution in [0.3, 0.4) is 0 Å². The van der Waals surface area contributed by atoms with E-state index in [1.54, 1.807) is 29.7 Å². The van der Waals surface area contributed by atoms with Crippen LogP contribution >= 0.6 is 11.6 Å². The topological polar surface area (TPSA) is 116 Å². The van der Waals surface area contributed by atoms with E-state index in [2.05, 4.69) is 0 Å². The van der Waals surface area contributed by atoms with Crippen LogP contribution in [-0.4, -0.2) is 61.9 Å². The number of carbonyl (C=O) groups excluding carboxylic acids is 3. The minimum atomic E-state index is -5.15. The van der Waals surface area contributed by atoms with Crippen molar-refractivity contribution in [2.45, 2.75) is 12.7 Å². The first-order valence-corrected chi connectivity index (χ1v) is 12.3. The molecule has 0 radical (unpaired) electrons. The zero-order valence-electron chi connectivity index (χ0n) is 18.0. The number of hydrogen-bond acceptors (Lipinski definition) is 5. The Bertz CT molecular complexity index is 1190. The maximum Gasteiger partial charge on any atom is 0.472 e. The van der Waals surface area contributed by atoms with Crippen LogP contribution in [0.25, 0.3) is 0 Å². The number of nitrogens with one attached hydrogen (secondary N) is 2. The Morgan fingerprint density at radius 1 is 0.943 bits per heavy atom. The Hall–Kier alpha value is -3.32. The summed E-state index contributed by atoms with van der Waals surface area (Å²) in [4.78, 5) is 38.9. The molecule has 2 aromatic carbocycles. The molecule has 0 saturated carbocycles. The van der Waals surface area contributed by atoms with Crippen molar-refractivity contribution in [2.24, 2.45) is 0 Å². The van der Waals surface area contributed by atoms with Gasteiger partial charge in [-0.25, -0.2) is 13.2 Å². The Morgan fingerprint density at radius 2 is 1.51 bits per heavy atom. The summed E-state index contributed by atoms with van der Waals surface area (Å²) in [7, 11) is -3.19. The highest BCUT2D eigenvalue weighted by atomic mass is 35.5. The van der Waals surface area contributed by atoms with Gasteiger partial charge in [-0.1, -0.05) is 23.7 Å². The Morgan fingerprint density at radius 3 is 2.06 bits per heavy atom. The van der Waals surface area contributed by atoms with Gasteiger partial charge in [-0.15, -0.1) is 0 Å². The molecule has 0 unspecified atom stereocenters. The first-order chi connectivity index (χ1) is 16.4. The van der Waals surface area contributed by atoms with Crippen LogP contribution in [0.2, 0.25) is 5.02 Å². The minimum Gasteiger partial charge on any atom is -0.322 e. The number of hydrazine groups is 1. The van der Waals surface area contributed by atoms with Crippen molar-refractivity contribution in [1.82, 2.24) is 15.8 Å². The number of anilines is 1. The summed E-state index contributed by atoms with van der Waals surface area (Å²) in [6.07, 6.45) is -5.15. The summed E-state index contributed by atoms with van der Waals surface area (Å²) < 4.78 is 60.2. The monoisotopic (exact) mass is 532 g/mol. The summed E-state index contributed by atoms with van der Waals surface area (Å²) in [6.45, 7) is 0.151. The molecule has 1 aliphatic heterocycles. The first-order valence-electron chi connectivity index (χ1n) is 10.1. The van der Waals surface area contributed by atoms with E-state index in [1.807, 2.05) is 0 Å². The molecule has 2 N–H and O–H groups in total. The number of urea groups is 1. The summed E-state index contributed by atoms with van der Waals surface area (Å²) >= 11 is 5.95. The van der Waals surface area contributed by atoms with E-state index < -0.39 is 33.9 Å². The van der Waals surface area contributed by atoms with Gasteiger partial charge in [-0.3, -0.25) is 25.3 Å². The molecule has 0 atom stereocenters. The molecule has 4 amide bonds. The van der Waals surface area contributed by atoms with E-state index >= 15 is 0 Å². The van der Waals surface area contributed by atoms with Gasteiger partial charge in [0, 0.05) is 29.4 Å². The highest BCUT2D eigenvalue weighted by Gasteiger charge is 2.39. The zero-order valence-corrected chi connectivity index (χ0v) is 19.6. The lowest BCUT2D eigenvalue weighted by molar-refractivity contribution is -0.174. The second-order valence-corrected chi connectivity index (χ2v) is 10.3. The molecule has 14 heteroatoms. The molecule has 0 spiro atoms. The molecule has 0 aromatic heterocycles. The van der Waals surface area contributed by atoms with Gasteiger partial charge in [0.05, 0.1) is 18.1 Å². The lowest BCUT2D eigenvalue weighted by atomic mass is 10.1. The summed E-state index contributed by atoms with van der Waals surface area (Å²) in [5.74, 6) is -3.55. The maximum atomic E-state index is 13.2. The van der Waals surface area contributed by atoms with Gasteiger partial charge < -0.3 is 4.90 Å². The summed E-state index contributed by atoms with van der Waals surface area (Å²) in [6, 6.07) is 11.7. The third-order valence-corrected chi connectivity index (χ3v) is 6.95. The van der Waals surface area contributed by atoms with Crippen LogP contribution in [0.4, 0.5) is 23.7 Å². The second kappa shape index (κ2) is 10.5. The second-order valence-electron chi connectivity index (χ2n) is 7.59. The van der Waals surface area contributed by atoms with E-state index in [9.17, 15) is 36.0 Å². The van der Waals surface area contributed by atoms with Gasteiger partial charge in [-0.2, -0.15) is 13.2 Å². The standard InChI is InChI=1S/C21H20ClF3N4O5S/c22-16-5-7-17(8-6-16)29(20(32)28-9-11-35(33,34)12-10-28)13-14-1-3-15(4-2-14)18(30)26-27-19(31)21(23,24)25/h1-8H,9-13H2,(H,26,30)(H,27,31). The average molecular weight is 533 g/mol. The normalized spacial score (nSPS) is 15.3. The molecule has 2 aromatic rings. The van der Waals surface area contributed by atoms with E-state index in [1.165, 1.54) is 39.5 Å². The van der Waals surface area contributed by atoms with Crippen molar-refractivity contribution >= 4 is 45.0 Å². The molecule has 1 fully saturated rings. The van der Waals surface area contributed by atoms with Crippen molar-refractivity contribution in [2.75, 3.05) is 29.5 Å². The zero-order chi connectivity index (χ0) is 25.8. The molecule has 1 saturated heterocycles. The van der Waals surface area contributed by atoms with Gasteiger partial charge in [0.25, 0.3) is 5.91 Å². The first kappa shape index (κ1) is 26.3. The largest absolute Gasteiger partial charge is 0.472 e. The molecule has 1 aliphatic rings. The number of amides is 4. The highest BCUT2D eigenvalue weighted by molar-refractivity contribution is 7.91.